The molecule has 7 heteroatoms. The Kier molecular flexibility index (Phi) is 3.60. The Morgan fingerprint density at radius 2 is 1.85 bits per heavy atom. The molecular formula is C19H17F3N2OS. The van der Waals surface area contributed by atoms with Gasteiger partial charge in [0.1, 0.15) is 5.82 Å². The van der Waals surface area contributed by atoms with Gasteiger partial charge in [-0.25, -0.2) is 4.98 Å². The molecule has 0 saturated heterocycles. The van der Waals surface area contributed by atoms with Crippen LogP contribution in [0.25, 0.3) is 0 Å². The fraction of sp³-hybridized carbons (Fsp3) is 0.368. The van der Waals surface area contributed by atoms with Crippen molar-refractivity contribution in [2.24, 2.45) is 5.41 Å². The number of nitrogens with zero attached hydrogens (tertiary/aromatic N) is 1. The number of ketones is 1. The fourth-order valence-corrected chi connectivity index (χ4v) is 5.11. The Balaban J connectivity index is 2.11. The van der Waals surface area contributed by atoms with Crippen LogP contribution in [-0.4, -0.2) is 16.9 Å². The molecule has 3 nitrogen and oxygen atoms in total. The van der Waals surface area contributed by atoms with Gasteiger partial charge in [0, 0.05) is 17.7 Å². The summed E-state index contributed by atoms with van der Waals surface area (Å²) in [5.74, 6) is -0.260. The zero-order valence-corrected chi connectivity index (χ0v) is 15.1. The van der Waals surface area contributed by atoms with Crippen molar-refractivity contribution in [3.63, 3.8) is 0 Å². The predicted molar refractivity (Wildman–Crippen MR) is 94.1 cm³/mol. The van der Waals surface area contributed by atoms with E-state index in [0.29, 0.717) is 12.1 Å². The molecule has 0 saturated carbocycles. The highest BCUT2D eigenvalue weighted by Crippen LogP contribution is 2.60. The number of nitrogens with one attached hydrogen (secondary N) is 1. The Morgan fingerprint density at radius 3 is 2.50 bits per heavy atom. The first kappa shape index (κ1) is 17.3. The molecule has 0 fully saturated rings. The van der Waals surface area contributed by atoms with E-state index in [4.69, 9.17) is 0 Å². The van der Waals surface area contributed by atoms with Crippen LogP contribution in [0.5, 0.6) is 0 Å². The van der Waals surface area contributed by atoms with Crippen LogP contribution in [-0.2, 0) is 10.2 Å². The monoisotopic (exact) mass is 378 g/mol. The van der Waals surface area contributed by atoms with Crippen LogP contribution < -0.4 is 5.32 Å². The summed E-state index contributed by atoms with van der Waals surface area (Å²) < 4.78 is 44.2. The Bertz CT molecular complexity index is 914. The highest BCUT2D eigenvalue weighted by Gasteiger charge is 2.65. The number of fused-ring (bicyclic) bond motifs is 1. The zero-order chi connectivity index (χ0) is 18.7. The smallest absolute Gasteiger partial charge is 0.342 e. The van der Waals surface area contributed by atoms with Crippen molar-refractivity contribution in [1.29, 1.82) is 0 Å². The third kappa shape index (κ3) is 2.26. The lowest BCUT2D eigenvalue weighted by Gasteiger charge is -2.45. The van der Waals surface area contributed by atoms with Gasteiger partial charge in [0.05, 0.1) is 10.4 Å². The summed E-state index contributed by atoms with van der Waals surface area (Å²) in [4.78, 5) is 17.1. The number of hydrogen-bond donors (Lipinski definition) is 1. The SMILES string of the molecule is CC1(C)CC(=O)C2=C(C1)Nc1ncsc1C2(c1ccccc1)C(F)(F)F. The van der Waals surface area contributed by atoms with Crippen molar-refractivity contribution in [1.82, 2.24) is 4.98 Å². The molecule has 1 aliphatic heterocycles. The first-order chi connectivity index (χ1) is 12.2. The predicted octanol–water partition coefficient (Wildman–Crippen LogP) is 5.06. The molecule has 136 valence electrons. The van der Waals surface area contributed by atoms with E-state index in [1.54, 1.807) is 18.2 Å². The van der Waals surface area contributed by atoms with Crippen molar-refractivity contribution in [3.8, 4) is 0 Å². The molecule has 2 aromatic rings. The van der Waals surface area contributed by atoms with Crippen molar-refractivity contribution >= 4 is 22.9 Å². The van der Waals surface area contributed by atoms with Crippen molar-refractivity contribution in [3.05, 3.63) is 57.6 Å². The summed E-state index contributed by atoms with van der Waals surface area (Å²) in [5.41, 5.74) is -1.25. The van der Waals surface area contributed by atoms with Gasteiger partial charge in [0.2, 0.25) is 0 Å². The highest BCUT2D eigenvalue weighted by atomic mass is 32.1. The van der Waals surface area contributed by atoms with Gasteiger partial charge in [-0.3, -0.25) is 4.79 Å². The van der Waals surface area contributed by atoms with Crippen LogP contribution in [0.1, 0.15) is 37.1 Å². The maximum absolute atomic E-state index is 14.7. The van der Waals surface area contributed by atoms with Crippen LogP contribution in [0, 0.1) is 5.41 Å². The summed E-state index contributed by atoms with van der Waals surface area (Å²) in [6.45, 7) is 3.79. The second kappa shape index (κ2) is 5.42. The molecule has 1 aromatic carbocycles. The number of alkyl halides is 3. The van der Waals surface area contributed by atoms with Crippen LogP contribution in [0.2, 0.25) is 0 Å². The third-order valence-corrected chi connectivity index (χ3v) is 6.01. The first-order valence-corrected chi connectivity index (χ1v) is 9.15. The lowest BCUT2D eigenvalue weighted by Crippen LogP contribution is -2.51. The number of rotatable bonds is 1. The third-order valence-electron chi connectivity index (χ3n) is 5.06. The largest absolute Gasteiger partial charge is 0.407 e. The molecule has 0 radical (unpaired) electrons. The Labute approximate surface area is 153 Å². The second-order valence-electron chi connectivity index (χ2n) is 7.56. The van der Waals surface area contributed by atoms with Gasteiger partial charge in [-0.15, -0.1) is 11.3 Å². The fourth-order valence-electron chi connectivity index (χ4n) is 4.12. The molecule has 0 spiro atoms. The molecule has 0 bridgehead atoms. The number of benzene rings is 1. The molecule has 4 rings (SSSR count). The molecular weight excluding hydrogens is 361 g/mol. The van der Waals surface area contributed by atoms with Crippen LogP contribution in [0.3, 0.4) is 0 Å². The summed E-state index contributed by atoms with van der Waals surface area (Å²) in [7, 11) is 0. The number of thiazole rings is 1. The number of carbonyl (C=O) groups excluding carboxylic acids is 1. The van der Waals surface area contributed by atoms with Crippen molar-refractivity contribution < 1.29 is 18.0 Å². The van der Waals surface area contributed by atoms with E-state index in [-0.39, 0.29) is 28.3 Å². The van der Waals surface area contributed by atoms with E-state index < -0.39 is 22.8 Å². The van der Waals surface area contributed by atoms with Crippen LogP contribution in [0.15, 0.2) is 47.1 Å². The van der Waals surface area contributed by atoms with Crippen LogP contribution in [0.4, 0.5) is 19.0 Å². The van der Waals surface area contributed by atoms with Gasteiger partial charge in [-0.2, -0.15) is 13.2 Å². The molecule has 1 unspecified atom stereocenters. The van der Waals surface area contributed by atoms with Crippen molar-refractivity contribution in [2.45, 2.75) is 38.3 Å². The Hall–Kier alpha value is -2.15. The van der Waals surface area contributed by atoms with Crippen LogP contribution >= 0.6 is 11.3 Å². The molecule has 2 aliphatic rings. The minimum absolute atomic E-state index is 0.0306. The Morgan fingerprint density at radius 1 is 1.15 bits per heavy atom. The second-order valence-corrected chi connectivity index (χ2v) is 8.42. The molecule has 0 amide bonds. The van der Waals surface area contributed by atoms with Gasteiger partial charge in [0.15, 0.2) is 11.2 Å². The number of allylic oxidation sites excluding steroid dienone is 2. The zero-order valence-electron chi connectivity index (χ0n) is 14.3. The maximum atomic E-state index is 14.7. The maximum Gasteiger partial charge on any atom is 0.407 e. The average molecular weight is 378 g/mol. The van der Waals surface area contributed by atoms with Gasteiger partial charge >= 0.3 is 6.18 Å². The molecule has 1 N–H and O–H groups in total. The molecule has 26 heavy (non-hydrogen) atoms. The van der Waals surface area contributed by atoms with E-state index in [2.05, 4.69) is 10.3 Å². The van der Waals surface area contributed by atoms with Gasteiger partial charge in [-0.1, -0.05) is 44.2 Å². The van der Waals surface area contributed by atoms with E-state index >= 15 is 0 Å². The van der Waals surface area contributed by atoms with E-state index in [1.807, 2.05) is 13.8 Å². The summed E-state index contributed by atoms with van der Waals surface area (Å²) in [5, 5.41) is 3.02. The quantitative estimate of drug-likeness (QED) is 0.754. The molecule has 2 heterocycles. The topological polar surface area (TPSA) is 42.0 Å². The van der Waals surface area contributed by atoms with Gasteiger partial charge < -0.3 is 5.32 Å². The number of anilines is 1. The van der Waals surface area contributed by atoms with Crippen molar-refractivity contribution in [2.75, 3.05) is 5.32 Å². The molecule has 1 aromatic heterocycles. The minimum atomic E-state index is -4.67. The van der Waals surface area contributed by atoms with E-state index in [0.717, 1.165) is 11.3 Å². The number of aromatic nitrogens is 1. The first-order valence-electron chi connectivity index (χ1n) is 8.27. The van der Waals surface area contributed by atoms with Gasteiger partial charge in [-0.05, 0) is 17.4 Å². The number of halogens is 3. The molecule has 1 atom stereocenters. The highest BCUT2D eigenvalue weighted by molar-refractivity contribution is 7.10. The average Bonchev–Trinajstić information content (AvgIpc) is 2.99. The normalized spacial score (nSPS) is 24.7. The standard InChI is InChI=1S/C19H17F3N2OS/c1-17(2)8-12-14(13(25)9-17)18(19(20,21)22,11-6-4-3-5-7-11)15-16(24-12)23-10-26-15/h3-7,10,24H,8-9H2,1-2H3. The summed E-state index contributed by atoms with van der Waals surface area (Å²) in [6, 6.07) is 7.70. The van der Waals surface area contributed by atoms with E-state index in [1.165, 1.54) is 17.6 Å². The lowest BCUT2D eigenvalue weighted by molar-refractivity contribution is -0.170. The number of carbonyl (C=O) groups is 1. The van der Waals surface area contributed by atoms with Gasteiger partial charge in [0.25, 0.3) is 0 Å². The number of Topliss-reactive ketones (excluding diaryl/α,β-unsaturated/α-hetero) is 1. The lowest BCUT2D eigenvalue weighted by atomic mass is 9.62. The molecule has 1 aliphatic carbocycles. The summed E-state index contributed by atoms with van der Waals surface area (Å²) in [6.07, 6.45) is -4.21. The summed E-state index contributed by atoms with van der Waals surface area (Å²) >= 11 is 0.932. The van der Waals surface area contributed by atoms with E-state index in [9.17, 15) is 18.0 Å². The number of hydrogen-bond acceptors (Lipinski definition) is 4. The minimum Gasteiger partial charge on any atom is -0.342 e.